The van der Waals surface area contributed by atoms with Crippen molar-refractivity contribution in [3.05, 3.63) is 28.8 Å². The van der Waals surface area contributed by atoms with E-state index in [1.165, 1.54) is 6.07 Å². The normalized spacial score (nSPS) is 11.5. The van der Waals surface area contributed by atoms with E-state index in [0.29, 0.717) is 17.3 Å². The van der Waals surface area contributed by atoms with Crippen LogP contribution >= 0.6 is 24.0 Å². The van der Waals surface area contributed by atoms with Crippen molar-refractivity contribution in [2.75, 3.05) is 18.5 Å². The van der Waals surface area contributed by atoms with E-state index in [9.17, 15) is 4.79 Å². The molecule has 3 N–H and O–H groups in total. The van der Waals surface area contributed by atoms with E-state index in [1.807, 2.05) is 6.92 Å². The molecule has 1 aromatic rings. The van der Waals surface area contributed by atoms with E-state index in [4.69, 9.17) is 21.8 Å². The van der Waals surface area contributed by atoms with Gasteiger partial charge in [-0.15, -0.1) is 12.4 Å². The maximum atomic E-state index is 11.0. The fourth-order valence-electron chi connectivity index (χ4n) is 1.39. The van der Waals surface area contributed by atoms with Crippen LogP contribution in [0.2, 0.25) is 5.02 Å². The van der Waals surface area contributed by atoms with Crippen LogP contribution in [0.5, 0.6) is 0 Å². The Labute approximate surface area is 117 Å². The van der Waals surface area contributed by atoms with Crippen LogP contribution in [0.3, 0.4) is 0 Å². The number of rotatable bonds is 6. The van der Waals surface area contributed by atoms with E-state index in [2.05, 4.69) is 5.32 Å². The van der Waals surface area contributed by atoms with Gasteiger partial charge in [0.25, 0.3) is 0 Å². The molecule has 4 nitrogen and oxygen atoms in total. The maximum Gasteiger partial charge on any atom is 0.337 e. The molecule has 0 aliphatic rings. The highest BCUT2D eigenvalue weighted by atomic mass is 35.5. The number of aromatic carboxylic acids is 1. The molecule has 1 unspecified atom stereocenters. The zero-order valence-corrected chi connectivity index (χ0v) is 11.6. The van der Waals surface area contributed by atoms with E-state index in [0.717, 1.165) is 6.42 Å². The number of nitrogens with one attached hydrogen (secondary N) is 1. The average molecular weight is 294 g/mol. The molecule has 0 aliphatic carbocycles. The Morgan fingerprint density at radius 3 is 2.72 bits per heavy atom. The van der Waals surface area contributed by atoms with Crippen molar-refractivity contribution in [1.29, 1.82) is 0 Å². The van der Waals surface area contributed by atoms with Crippen LogP contribution in [0.15, 0.2) is 18.2 Å². The quantitative estimate of drug-likeness (QED) is 0.754. The van der Waals surface area contributed by atoms with E-state index >= 15 is 0 Å². The smallest absolute Gasteiger partial charge is 0.337 e. The lowest BCUT2D eigenvalue weighted by atomic mass is 10.1. The van der Waals surface area contributed by atoms with Gasteiger partial charge < -0.3 is 15.5 Å². The minimum absolute atomic E-state index is 0. The molecule has 0 amide bonds. The van der Waals surface area contributed by atoms with Crippen molar-refractivity contribution in [3.63, 3.8) is 0 Å². The number of aliphatic hydroxyl groups excluding tert-OH is 1. The molecule has 0 saturated heterocycles. The molecule has 1 rings (SSSR count). The fraction of sp³-hybridized carbons (Fsp3) is 0.417. The Morgan fingerprint density at radius 1 is 1.50 bits per heavy atom. The Balaban J connectivity index is 0.00000289. The van der Waals surface area contributed by atoms with Gasteiger partial charge in [0.2, 0.25) is 0 Å². The topological polar surface area (TPSA) is 69.6 Å². The largest absolute Gasteiger partial charge is 0.478 e. The van der Waals surface area contributed by atoms with Gasteiger partial charge in [-0.25, -0.2) is 4.79 Å². The summed E-state index contributed by atoms with van der Waals surface area (Å²) in [4.78, 5) is 11.0. The molecule has 6 heteroatoms. The molecule has 102 valence electrons. The van der Waals surface area contributed by atoms with E-state index in [-0.39, 0.29) is 30.5 Å². The summed E-state index contributed by atoms with van der Waals surface area (Å²) in [5, 5.41) is 21.3. The van der Waals surface area contributed by atoms with E-state index < -0.39 is 5.97 Å². The number of carbonyl (C=O) groups is 1. The molecule has 1 aromatic carbocycles. The van der Waals surface area contributed by atoms with Gasteiger partial charge in [0.05, 0.1) is 5.56 Å². The zero-order valence-electron chi connectivity index (χ0n) is 10.0. The Morgan fingerprint density at radius 2 is 2.17 bits per heavy atom. The predicted molar refractivity (Wildman–Crippen MR) is 75.0 cm³/mol. The first-order valence-corrected chi connectivity index (χ1v) is 5.80. The molecule has 0 fully saturated rings. The van der Waals surface area contributed by atoms with Gasteiger partial charge in [-0.1, -0.05) is 18.5 Å². The molecule has 0 spiro atoms. The first kappa shape index (κ1) is 17.0. The predicted octanol–water partition coefficient (Wildman–Crippen LogP) is 2.89. The fourth-order valence-corrected chi connectivity index (χ4v) is 1.56. The van der Waals surface area contributed by atoms with Gasteiger partial charge in [-0.3, -0.25) is 0 Å². The summed E-state index contributed by atoms with van der Waals surface area (Å²) in [6.07, 6.45) is 0.776. The highest BCUT2D eigenvalue weighted by Gasteiger charge is 2.10. The number of anilines is 1. The van der Waals surface area contributed by atoms with E-state index in [1.54, 1.807) is 12.1 Å². The molecule has 0 aromatic heterocycles. The highest BCUT2D eigenvalue weighted by molar-refractivity contribution is 6.31. The van der Waals surface area contributed by atoms with Crippen molar-refractivity contribution in [2.45, 2.75) is 13.3 Å². The number of benzene rings is 1. The standard InChI is InChI=1S/C12H16ClNO3.ClH/c1-8(7-15)4-5-14-11-3-2-9(13)6-10(11)12(16)17;/h2-3,6,8,14-15H,4-5,7H2,1H3,(H,16,17);1H. The number of carboxylic acid groups (broad SMARTS) is 1. The van der Waals surface area contributed by atoms with Gasteiger partial charge in [0.15, 0.2) is 0 Å². The third-order valence-corrected chi connectivity index (χ3v) is 2.71. The second-order valence-corrected chi connectivity index (χ2v) is 4.43. The molecular weight excluding hydrogens is 277 g/mol. The van der Waals surface area contributed by atoms with Crippen molar-refractivity contribution < 1.29 is 15.0 Å². The number of hydrogen-bond acceptors (Lipinski definition) is 3. The average Bonchev–Trinajstić information content (AvgIpc) is 2.30. The Bertz CT molecular complexity index is 399. The van der Waals surface area contributed by atoms with Crippen LogP contribution in [0.25, 0.3) is 0 Å². The monoisotopic (exact) mass is 293 g/mol. The van der Waals surface area contributed by atoms with Crippen LogP contribution in [0.4, 0.5) is 5.69 Å². The van der Waals surface area contributed by atoms with Crippen LogP contribution in [-0.2, 0) is 0 Å². The van der Waals surface area contributed by atoms with Crippen molar-refractivity contribution in [1.82, 2.24) is 0 Å². The second-order valence-electron chi connectivity index (χ2n) is 4.00. The van der Waals surface area contributed by atoms with Crippen LogP contribution in [0, 0.1) is 5.92 Å². The lowest BCUT2D eigenvalue weighted by Gasteiger charge is -2.12. The van der Waals surface area contributed by atoms with Crippen molar-refractivity contribution >= 4 is 35.7 Å². The molecule has 18 heavy (non-hydrogen) atoms. The van der Waals surface area contributed by atoms with Crippen LogP contribution < -0.4 is 5.32 Å². The Hall–Kier alpha value is -0.970. The third kappa shape index (κ3) is 5.12. The molecule has 0 aliphatic heterocycles. The summed E-state index contributed by atoms with van der Waals surface area (Å²) in [5.74, 6) is -0.812. The van der Waals surface area contributed by atoms with Gasteiger partial charge >= 0.3 is 5.97 Å². The zero-order chi connectivity index (χ0) is 12.8. The summed E-state index contributed by atoms with van der Waals surface area (Å²) in [6, 6.07) is 4.71. The summed E-state index contributed by atoms with van der Waals surface area (Å²) in [5.41, 5.74) is 0.709. The lowest BCUT2D eigenvalue weighted by Crippen LogP contribution is -2.12. The molecule has 1 atom stereocenters. The van der Waals surface area contributed by atoms with Crippen LogP contribution in [0.1, 0.15) is 23.7 Å². The Kier molecular flexibility index (Phi) is 7.75. The van der Waals surface area contributed by atoms with Gasteiger partial charge in [0, 0.05) is 23.9 Å². The summed E-state index contributed by atoms with van der Waals surface area (Å²) in [6.45, 7) is 2.68. The second kappa shape index (κ2) is 8.19. The number of hydrogen-bond donors (Lipinski definition) is 3. The van der Waals surface area contributed by atoms with Gasteiger partial charge in [-0.05, 0) is 30.5 Å². The molecular formula is C12H17Cl2NO3. The molecule has 0 heterocycles. The van der Waals surface area contributed by atoms with Gasteiger partial charge in [0.1, 0.15) is 0 Å². The highest BCUT2D eigenvalue weighted by Crippen LogP contribution is 2.20. The minimum Gasteiger partial charge on any atom is -0.478 e. The number of carboxylic acids is 1. The first-order valence-electron chi connectivity index (χ1n) is 5.42. The molecule has 0 radical (unpaired) electrons. The third-order valence-electron chi connectivity index (χ3n) is 2.48. The molecule has 0 bridgehead atoms. The maximum absolute atomic E-state index is 11.0. The lowest BCUT2D eigenvalue weighted by molar-refractivity contribution is 0.0698. The number of halogens is 2. The van der Waals surface area contributed by atoms with Crippen LogP contribution in [-0.4, -0.2) is 29.3 Å². The SMILES string of the molecule is CC(CO)CCNc1ccc(Cl)cc1C(=O)O.Cl. The number of aliphatic hydroxyl groups is 1. The first-order chi connectivity index (χ1) is 8.04. The van der Waals surface area contributed by atoms with Gasteiger partial charge in [-0.2, -0.15) is 0 Å². The van der Waals surface area contributed by atoms with Crippen molar-refractivity contribution in [2.24, 2.45) is 5.92 Å². The minimum atomic E-state index is -1.01. The molecule has 0 saturated carbocycles. The summed E-state index contributed by atoms with van der Waals surface area (Å²) in [7, 11) is 0. The summed E-state index contributed by atoms with van der Waals surface area (Å²) >= 11 is 5.74. The van der Waals surface area contributed by atoms with Crippen molar-refractivity contribution in [3.8, 4) is 0 Å². The summed E-state index contributed by atoms with van der Waals surface area (Å²) < 4.78 is 0.